The second kappa shape index (κ2) is 7.58. The van der Waals surface area contributed by atoms with Crippen molar-refractivity contribution in [1.82, 2.24) is 4.90 Å². The third kappa shape index (κ3) is 3.77. The fourth-order valence-corrected chi connectivity index (χ4v) is 3.22. The maximum Gasteiger partial charge on any atom is 0.295 e. The van der Waals surface area contributed by atoms with Crippen LogP contribution >= 0.6 is 11.6 Å². The topological polar surface area (TPSA) is 78.0 Å². The number of rotatable bonds is 5. The lowest BCUT2D eigenvalue weighted by Gasteiger charge is -2.25. The Bertz CT molecular complexity index is 899. The third-order valence-corrected chi connectivity index (χ3v) is 4.77. The Morgan fingerprint density at radius 2 is 1.85 bits per heavy atom. The monoisotopic (exact) mass is 388 g/mol. The molecule has 1 amide bonds. The Morgan fingerprint density at radius 1 is 1.19 bits per heavy atom. The molecule has 6 nitrogen and oxygen atoms in total. The molecule has 1 saturated heterocycles. The minimum absolute atomic E-state index is 0.0783. The molecule has 0 saturated carbocycles. The predicted molar refractivity (Wildman–Crippen MR) is 99.0 cm³/mol. The van der Waals surface area contributed by atoms with Crippen LogP contribution in [-0.2, 0) is 9.59 Å². The van der Waals surface area contributed by atoms with Gasteiger partial charge in [-0.05, 0) is 36.8 Å². The summed E-state index contributed by atoms with van der Waals surface area (Å²) in [6.07, 6.45) is 0. The van der Waals surface area contributed by atoms with Crippen molar-refractivity contribution in [1.29, 1.82) is 0 Å². The summed E-state index contributed by atoms with van der Waals surface area (Å²) in [6.45, 7) is 2.75. The molecule has 0 spiro atoms. The molecule has 1 unspecified atom stereocenters. The van der Waals surface area contributed by atoms with Gasteiger partial charge in [0.25, 0.3) is 5.91 Å². The molecule has 1 aromatic carbocycles. The smallest absolute Gasteiger partial charge is 0.295 e. The zero-order valence-corrected chi connectivity index (χ0v) is 16.2. The van der Waals surface area contributed by atoms with Crippen molar-refractivity contribution in [3.05, 3.63) is 64.1 Å². The quantitative estimate of drug-likeness (QED) is 0.462. The lowest BCUT2D eigenvalue weighted by Crippen LogP contribution is -3.06. The van der Waals surface area contributed by atoms with E-state index in [-0.39, 0.29) is 5.57 Å². The van der Waals surface area contributed by atoms with E-state index < -0.39 is 23.5 Å². The number of amides is 1. The number of aryl methyl sites for hydroxylation is 1. The van der Waals surface area contributed by atoms with Crippen LogP contribution < -0.4 is 10.0 Å². The molecular formula is C20H21ClN2O4. The number of nitrogens with one attached hydrogen (secondary N) is 1. The van der Waals surface area contributed by atoms with Gasteiger partial charge in [-0.2, -0.15) is 0 Å². The molecule has 0 aliphatic carbocycles. The van der Waals surface area contributed by atoms with Gasteiger partial charge < -0.3 is 19.3 Å². The van der Waals surface area contributed by atoms with Gasteiger partial charge in [0.15, 0.2) is 0 Å². The molecule has 1 aliphatic rings. The van der Waals surface area contributed by atoms with E-state index in [1.165, 1.54) is 4.90 Å². The average Bonchev–Trinajstić information content (AvgIpc) is 3.15. The number of Topliss-reactive ketones (excluding diaryl/α,β-unsaturated/α-hetero) is 1. The summed E-state index contributed by atoms with van der Waals surface area (Å²) in [5, 5.41) is 13.5. The van der Waals surface area contributed by atoms with Crippen molar-refractivity contribution in [2.24, 2.45) is 0 Å². The van der Waals surface area contributed by atoms with E-state index >= 15 is 0 Å². The zero-order chi connectivity index (χ0) is 19.7. The molecule has 3 rings (SSSR count). The number of likely N-dealkylation sites (tertiary alicyclic amines) is 1. The van der Waals surface area contributed by atoms with Crippen LogP contribution in [-0.4, -0.2) is 43.8 Å². The van der Waals surface area contributed by atoms with E-state index in [9.17, 15) is 14.7 Å². The molecule has 1 fully saturated rings. The second-order valence-corrected chi connectivity index (χ2v) is 7.32. The first-order valence-corrected chi connectivity index (χ1v) is 9.05. The van der Waals surface area contributed by atoms with Crippen molar-refractivity contribution < 1.29 is 24.0 Å². The van der Waals surface area contributed by atoms with Gasteiger partial charge in [0.05, 0.1) is 27.2 Å². The van der Waals surface area contributed by atoms with Crippen molar-refractivity contribution in [3.8, 4) is 0 Å². The third-order valence-electron chi connectivity index (χ3n) is 4.52. The molecule has 2 aromatic rings. The molecule has 0 radical (unpaired) electrons. The van der Waals surface area contributed by atoms with E-state index in [4.69, 9.17) is 16.0 Å². The summed E-state index contributed by atoms with van der Waals surface area (Å²) >= 11 is 5.88. The van der Waals surface area contributed by atoms with Crippen molar-refractivity contribution in [2.75, 3.05) is 27.2 Å². The Labute approximate surface area is 162 Å². The van der Waals surface area contributed by atoms with Gasteiger partial charge in [0.1, 0.15) is 17.6 Å². The number of benzene rings is 1. The van der Waals surface area contributed by atoms with Gasteiger partial charge >= 0.3 is 0 Å². The molecule has 1 N–H and O–H groups in total. The van der Waals surface area contributed by atoms with Crippen LogP contribution in [0.25, 0.3) is 5.76 Å². The standard InChI is InChI=1S/C20H21ClN2O4/c1-12-4-9-15(27-12)17-16(18(24)13-5-7-14(21)8-6-13)19(25)20(26)23(17)11-10-22(2)3/h4-9,17,24H,10-11H2,1-3H3. The molecule has 1 atom stereocenters. The number of furan rings is 1. The van der Waals surface area contributed by atoms with E-state index in [2.05, 4.69) is 0 Å². The highest BCUT2D eigenvalue weighted by Gasteiger charge is 2.45. The zero-order valence-electron chi connectivity index (χ0n) is 15.4. The van der Waals surface area contributed by atoms with Gasteiger partial charge in [-0.3, -0.25) is 9.59 Å². The highest BCUT2D eigenvalue weighted by Crippen LogP contribution is 2.39. The number of likely N-dealkylation sites (N-methyl/N-ethyl adjacent to an activating group) is 1. The van der Waals surface area contributed by atoms with Crippen LogP contribution in [0.5, 0.6) is 0 Å². The Hall–Kier alpha value is -2.57. The summed E-state index contributed by atoms with van der Waals surface area (Å²) in [6, 6.07) is 8.89. The Morgan fingerprint density at radius 3 is 2.41 bits per heavy atom. The van der Waals surface area contributed by atoms with Gasteiger partial charge in [-0.1, -0.05) is 29.5 Å². The molecule has 142 valence electrons. The number of ketones is 1. The fraction of sp³-hybridized carbons (Fsp3) is 0.300. The average molecular weight is 389 g/mol. The first kappa shape index (κ1) is 19.2. The highest BCUT2D eigenvalue weighted by molar-refractivity contribution is 6.46. The summed E-state index contributed by atoms with van der Waals surface area (Å²) in [5.41, 5.74) is 0.231. The van der Waals surface area contributed by atoms with Crippen LogP contribution in [0.2, 0.25) is 5.02 Å². The fourth-order valence-electron chi connectivity index (χ4n) is 3.10. The molecule has 7 heteroatoms. The maximum absolute atomic E-state index is 13.1. The van der Waals surface area contributed by atoms with Crippen LogP contribution in [0.15, 0.2) is 46.4 Å². The van der Waals surface area contributed by atoms with E-state index in [1.54, 1.807) is 43.3 Å². The minimum Gasteiger partial charge on any atom is -0.872 e. The molecular weight excluding hydrogens is 368 g/mol. The van der Waals surface area contributed by atoms with Crippen LogP contribution in [0.4, 0.5) is 0 Å². The number of carbonyl (C=O) groups is 2. The summed E-state index contributed by atoms with van der Waals surface area (Å²) < 4.78 is 5.69. The largest absolute Gasteiger partial charge is 0.872 e. The van der Waals surface area contributed by atoms with Crippen molar-refractivity contribution >= 4 is 29.1 Å². The summed E-state index contributed by atoms with van der Waals surface area (Å²) in [7, 11) is 3.91. The van der Waals surface area contributed by atoms with Crippen molar-refractivity contribution in [3.63, 3.8) is 0 Å². The first-order chi connectivity index (χ1) is 12.8. The van der Waals surface area contributed by atoms with E-state index in [0.717, 1.165) is 4.90 Å². The second-order valence-electron chi connectivity index (χ2n) is 6.89. The number of halogens is 1. The number of nitrogens with zero attached hydrogens (tertiary/aromatic N) is 1. The van der Waals surface area contributed by atoms with Crippen LogP contribution in [0.3, 0.4) is 0 Å². The number of hydrogen-bond acceptors (Lipinski definition) is 4. The molecule has 1 aliphatic heterocycles. The molecule has 27 heavy (non-hydrogen) atoms. The predicted octanol–water partition coefficient (Wildman–Crippen LogP) is 0.610. The van der Waals surface area contributed by atoms with Gasteiger partial charge in [0.2, 0.25) is 5.78 Å². The Balaban J connectivity index is 2.11. The molecule has 0 bridgehead atoms. The van der Waals surface area contributed by atoms with E-state index in [0.29, 0.717) is 35.2 Å². The molecule has 1 aromatic heterocycles. The van der Waals surface area contributed by atoms with Crippen LogP contribution in [0, 0.1) is 6.92 Å². The lowest BCUT2D eigenvalue weighted by atomic mass is 9.99. The van der Waals surface area contributed by atoms with E-state index in [1.807, 2.05) is 14.1 Å². The minimum atomic E-state index is -0.818. The number of hydrogen-bond donors (Lipinski definition) is 1. The van der Waals surface area contributed by atoms with Crippen molar-refractivity contribution in [2.45, 2.75) is 13.0 Å². The SMILES string of the molecule is Cc1ccc(C2C(=C([O-])c3ccc(Cl)cc3)C(=O)C(=O)N2CC[NH+](C)C)o1. The highest BCUT2D eigenvalue weighted by atomic mass is 35.5. The Kier molecular flexibility index (Phi) is 5.39. The van der Waals surface area contributed by atoms with Gasteiger partial charge in [-0.15, -0.1) is 0 Å². The maximum atomic E-state index is 13.1. The van der Waals surface area contributed by atoms with Crippen LogP contribution in [0.1, 0.15) is 23.1 Å². The molecule has 2 heterocycles. The summed E-state index contributed by atoms with van der Waals surface area (Å²) in [4.78, 5) is 27.9. The normalized spacial score (nSPS) is 19.3. The first-order valence-electron chi connectivity index (χ1n) is 8.67. The van der Waals surface area contributed by atoms with Gasteiger partial charge in [-0.25, -0.2) is 0 Å². The number of quaternary nitrogens is 1. The summed E-state index contributed by atoms with van der Waals surface area (Å²) in [5.74, 6) is -0.870. The lowest BCUT2D eigenvalue weighted by molar-refractivity contribution is -0.857. The van der Waals surface area contributed by atoms with Gasteiger partial charge in [0, 0.05) is 10.6 Å². The number of carbonyl (C=O) groups excluding carboxylic acids is 2.